The molecule has 0 bridgehead atoms. The fourth-order valence-electron chi connectivity index (χ4n) is 1.60. The quantitative estimate of drug-likeness (QED) is 0.646. The van der Waals surface area contributed by atoms with Gasteiger partial charge in [-0.1, -0.05) is 5.57 Å². The molecule has 0 amide bonds. The van der Waals surface area contributed by atoms with E-state index in [1.54, 1.807) is 19.9 Å². The minimum atomic E-state index is -0.731. The molecular formula is C10H16O2. The Labute approximate surface area is 73.3 Å². The van der Waals surface area contributed by atoms with Gasteiger partial charge in [-0.15, -0.1) is 0 Å². The van der Waals surface area contributed by atoms with E-state index < -0.39 is 5.60 Å². The summed E-state index contributed by atoms with van der Waals surface area (Å²) < 4.78 is 0. The summed E-state index contributed by atoms with van der Waals surface area (Å²) in [5.74, 6) is 0.237. The molecule has 0 aromatic carbocycles. The molecule has 1 unspecified atom stereocenters. The summed E-state index contributed by atoms with van der Waals surface area (Å²) in [6.45, 7) is 5.48. The molecule has 0 aromatic rings. The molecule has 0 saturated carbocycles. The largest absolute Gasteiger partial charge is 0.390 e. The summed E-state index contributed by atoms with van der Waals surface area (Å²) in [6, 6.07) is 0. The van der Waals surface area contributed by atoms with Crippen LogP contribution in [0.3, 0.4) is 0 Å². The topological polar surface area (TPSA) is 37.3 Å². The number of carbonyl (C=O) groups excluding carboxylic acids is 1. The van der Waals surface area contributed by atoms with Crippen LogP contribution in [0.1, 0.15) is 33.6 Å². The van der Waals surface area contributed by atoms with Crippen LogP contribution in [0.4, 0.5) is 0 Å². The highest BCUT2D eigenvalue weighted by molar-refractivity contribution is 5.91. The Morgan fingerprint density at radius 1 is 1.50 bits per heavy atom. The molecule has 2 nitrogen and oxygen atoms in total. The normalized spacial score (nSPS) is 25.5. The molecule has 0 saturated heterocycles. The van der Waals surface area contributed by atoms with Crippen molar-refractivity contribution in [2.45, 2.75) is 39.2 Å². The SMILES string of the molecule is CC1=CC(=O)CC(C(C)(C)O)C1. The Hall–Kier alpha value is -0.630. The van der Waals surface area contributed by atoms with Crippen molar-refractivity contribution in [1.29, 1.82) is 0 Å². The Morgan fingerprint density at radius 3 is 2.50 bits per heavy atom. The first-order chi connectivity index (χ1) is 5.39. The molecule has 0 aliphatic heterocycles. The first-order valence-electron chi connectivity index (χ1n) is 4.32. The summed E-state index contributed by atoms with van der Waals surface area (Å²) in [4.78, 5) is 11.1. The molecular weight excluding hydrogens is 152 g/mol. The van der Waals surface area contributed by atoms with E-state index in [0.717, 1.165) is 12.0 Å². The van der Waals surface area contributed by atoms with Gasteiger partial charge in [0.25, 0.3) is 0 Å². The van der Waals surface area contributed by atoms with Crippen molar-refractivity contribution in [1.82, 2.24) is 0 Å². The first kappa shape index (κ1) is 9.46. The zero-order valence-electron chi connectivity index (χ0n) is 7.92. The third kappa shape index (κ3) is 2.18. The number of allylic oxidation sites excluding steroid dienone is 2. The molecule has 2 heteroatoms. The van der Waals surface area contributed by atoms with Crippen molar-refractivity contribution >= 4 is 5.78 Å². The van der Waals surface area contributed by atoms with Crippen LogP contribution in [0.25, 0.3) is 0 Å². The van der Waals surface area contributed by atoms with Crippen LogP contribution < -0.4 is 0 Å². The van der Waals surface area contributed by atoms with Crippen LogP contribution in [0.5, 0.6) is 0 Å². The summed E-state index contributed by atoms with van der Waals surface area (Å²) in [5.41, 5.74) is 0.351. The Morgan fingerprint density at radius 2 is 2.08 bits per heavy atom. The predicted octanol–water partition coefficient (Wildman–Crippen LogP) is 1.68. The lowest BCUT2D eigenvalue weighted by atomic mass is 9.79. The van der Waals surface area contributed by atoms with Gasteiger partial charge in [0.1, 0.15) is 0 Å². The smallest absolute Gasteiger partial charge is 0.156 e. The van der Waals surface area contributed by atoms with Crippen molar-refractivity contribution < 1.29 is 9.90 Å². The second-order valence-electron chi connectivity index (χ2n) is 4.22. The second-order valence-corrected chi connectivity index (χ2v) is 4.22. The zero-order chi connectivity index (χ0) is 9.35. The molecule has 1 aliphatic carbocycles. The summed E-state index contributed by atoms with van der Waals surface area (Å²) in [6.07, 6.45) is 3.01. The Bertz CT molecular complexity index is 220. The van der Waals surface area contributed by atoms with Gasteiger partial charge in [-0.3, -0.25) is 4.79 Å². The number of ketones is 1. The molecule has 0 radical (unpaired) electrons. The van der Waals surface area contributed by atoms with E-state index >= 15 is 0 Å². The van der Waals surface area contributed by atoms with E-state index in [2.05, 4.69) is 0 Å². The third-order valence-electron chi connectivity index (χ3n) is 2.42. The first-order valence-corrected chi connectivity index (χ1v) is 4.32. The predicted molar refractivity (Wildman–Crippen MR) is 47.8 cm³/mol. The monoisotopic (exact) mass is 168 g/mol. The van der Waals surface area contributed by atoms with Gasteiger partial charge in [0.2, 0.25) is 0 Å². The lowest BCUT2D eigenvalue weighted by Gasteiger charge is -2.31. The van der Waals surface area contributed by atoms with Crippen molar-refractivity contribution in [3.63, 3.8) is 0 Å². The molecule has 1 aliphatic rings. The number of aliphatic hydroxyl groups is 1. The Balaban J connectivity index is 2.74. The summed E-state index contributed by atoms with van der Waals surface area (Å²) in [5, 5.41) is 9.70. The maximum absolute atomic E-state index is 11.1. The van der Waals surface area contributed by atoms with Crippen LogP contribution in [0.2, 0.25) is 0 Å². The fraction of sp³-hybridized carbons (Fsp3) is 0.700. The molecule has 12 heavy (non-hydrogen) atoms. The van der Waals surface area contributed by atoms with Crippen molar-refractivity contribution in [3.8, 4) is 0 Å². The lowest BCUT2D eigenvalue weighted by molar-refractivity contribution is -0.118. The molecule has 1 N–H and O–H groups in total. The highest BCUT2D eigenvalue weighted by Gasteiger charge is 2.30. The molecule has 1 atom stereocenters. The van der Waals surface area contributed by atoms with Gasteiger partial charge in [-0.2, -0.15) is 0 Å². The molecule has 0 spiro atoms. The van der Waals surface area contributed by atoms with E-state index in [0.29, 0.717) is 6.42 Å². The highest BCUT2D eigenvalue weighted by atomic mass is 16.3. The number of rotatable bonds is 1. The number of carbonyl (C=O) groups is 1. The van der Waals surface area contributed by atoms with Gasteiger partial charge in [-0.25, -0.2) is 0 Å². The van der Waals surface area contributed by atoms with Crippen LogP contribution in [0.15, 0.2) is 11.6 Å². The van der Waals surface area contributed by atoms with Crippen LogP contribution in [-0.2, 0) is 4.79 Å². The van der Waals surface area contributed by atoms with Crippen molar-refractivity contribution in [2.75, 3.05) is 0 Å². The standard InChI is InChI=1S/C10H16O2/c1-7-4-8(10(2,3)12)6-9(11)5-7/h5,8,12H,4,6H2,1-3H3. The van der Waals surface area contributed by atoms with Crippen LogP contribution in [0, 0.1) is 5.92 Å². The number of hydrogen-bond donors (Lipinski definition) is 1. The molecule has 68 valence electrons. The molecule has 0 fully saturated rings. The average Bonchev–Trinajstić information content (AvgIpc) is 1.82. The van der Waals surface area contributed by atoms with E-state index in [1.165, 1.54) is 0 Å². The van der Waals surface area contributed by atoms with E-state index in [4.69, 9.17) is 0 Å². The number of hydrogen-bond acceptors (Lipinski definition) is 2. The second kappa shape index (κ2) is 3.02. The minimum Gasteiger partial charge on any atom is -0.390 e. The zero-order valence-corrected chi connectivity index (χ0v) is 7.92. The fourth-order valence-corrected chi connectivity index (χ4v) is 1.60. The highest BCUT2D eigenvalue weighted by Crippen LogP contribution is 2.30. The van der Waals surface area contributed by atoms with Crippen LogP contribution in [-0.4, -0.2) is 16.5 Å². The third-order valence-corrected chi connectivity index (χ3v) is 2.42. The van der Waals surface area contributed by atoms with E-state index in [9.17, 15) is 9.90 Å². The molecule has 0 aromatic heterocycles. The van der Waals surface area contributed by atoms with Gasteiger partial charge in [0.05, 0.1) is 5.60 Å². The summed E-state index contributed by atoms with van der Waals surface area (Å²) >= 11 is 0. The maximum atomic E-state index is 11.1. The van der Waals surface area contributed by atoms with Gasteiger partial charge >= 0.3 is 0 Å². The van der Waals surface area contributed by atoms with Gasteiger partial charge in [0.15, 0.2) is 5.78 Å². The molecule has 1 rings (SSSR count). The van der Waals surface area contributed by atoms with Gasteiger partial charge in [0, 0.05) is 6.42 Å². The minimum absolute atomic E-state index is 0.0926. The Kier molecular flexibility index (Phi) is 2.38. The average molecular weight is 168 g/mol. The maximum Gasteiger partial charge on any atom is 0.156 e. The lowest BCUT2D eigenvalue weighted by Crippen LogP contribution is -2.34. The molecule has 0 heterocycles. The van der Waals surface area contributed by atoms with E-state index in [1.807, 2.05) is 6.92 Å². The van der Waals surface area contributed by atoms with Gasteiger partial charge in [-0.05, 0) is 39.2 Å². The summed E-state index contributed by atoms with van der Waals surface area (Å²) in [7, 11) is 0. The van der Waals surface area contributed by atoms with Gasteiger partial charge < -0.3 is 5.11 Å². The van der Waals surface area contributed by atoms with Crippen molar-refractivity contribution in [2.24, 2.45) is 5.92 Å². The van der Waals surface area contributed by atoms with Crippen LogP contribution >= 0.6 is 0 Å². The van der Waals surface area contributed by atoms with E-state index in [-0.39, 0.29) is 11.7 Å². The van der Waals surface area contributed by atoms with Crippen molar-refractivity contribution in [3.05, 3.63) is 11.6 Å².